The zero-order valence-electron chi connectivity index (χ0n) is 20.5. The highest BCUT2D eigenvalue weighted by molar-refractivity contribution is 5.94. The summed E-state index contributed by atoms with van der Waals surface area (Å²) in [5, 5.41) is 19.9. The molecule has 0 radical (unpaired) electrons. The van der Waals surface area contributed by atoms with Crippen LogP contribution < -0.4 is 4.90 Å². The fraction of sp³-hybridized carbons (Fsp3) is 0.385. The highest BCUT2D eigenvalue weighted by Crippen LogP contribution is 2.40. The lowest BCUT2D eigenvalue weighted by Crippen LogP contribution is -2.36. The first kappa shape index (κ1) is 23.8. The highest BCUT2D eigenvalue weighted by atomic mass is 16.6. The van der Waals surface area contributed by atoms with Crippen molar-refractivity contribution in [3.05, 3.63) is 65.5 Å². The number of hydrogen-bond acceptors (Lipinski definition) is 7. The number of aromatic nitrogens is 3. The third-order valence-electron chi connectivity index (χ3n) is 6.29. The molecule has 188 valence electrons. The van der Waals surface area contributed by atoms with Gasteiger partial charge < -0.3 is 14.6 Å². The van der Waals surface area contributed by atoms with Crippen LogP contribution in [0.25, 0.3) is 11.1 Å². The summed E-state index contributed by atoms with van der Waals surface area (Å²) in [7, 11) is 0. The topological polar surface area (TPSA) is 121 Å². The molecule has 10 nitrogen and oxygen atoms in total. The maximum atomic E-state index is 12.8. The number of nitrogens with zero attached hydrogens (tertiary/aromatic N) is 4. The lowest BCUT2D eigenvalue weighted by Gasteiger charge is -2.27. The number of anilines is 1. The number of hydrogen-bond donors (Lipinski definition) is 2. The number of nitrogens with one attached hydrogen (secondary N) is 1. The second-order valence-corrected chi connectivity index (χ2v) is 10.1. The third kappa shape index (κ3) is 4.76. The monoisotopic (exact) mass is 491 g/mol. The molecule has 0 bridgehead atoms. The number of aliphatic hydroxyl groups excluding tert-OH is 1. The molecule has 0 aliphatic carbocycles. The zero-order chi connectivity index (χ0) is 25.4. The largest absolute Gasteiger partial charge is 0.444 e. The van der Waals surface area contributed by atoms with Crippen LogP contribution in [0.2, 0.25) is 0 Å². The molecular formula is C26H29N5O5. The predicted octanol–water partition coefficient (Wildman–Crippen LogP) is 3.65. The summed E-state index contributed by atoms with van der Waals surface area (Å²) in [6.07, 6.45) is 0.966. The standard InChI is InChI=1S/C26H29N5O5/c1-26(2,3)36-24(33)30(14-20-12-27-29-28-20)13-16-4-6-17(7-5-16)18-8-9-21-19(10-18)11-22-23(15-32)35-25(34)31(21)22/h4-10,12,22-23,32H,11,13-15H2,1-3H3,(H,27,28,29)/t22-,23-/m0/s1. The van der Waals surface area contributed by atoms with E-state index in [2.05, 4.69) is 21.5 Å². The van der Waals surface area contributed by atoms with Crippen LogP contribution in [-0.2, 0) is 29.0 Å². The zero-order valence-corrected chi connectivity index (χ0v) is 20.5. The summed E-state index contributed by atoms with van der Waals surface area (Å²) in [5.74, 6) is 0. The minimum atomic E-state index is -0.612. The molecule has 0 unspecified atom stereocenters. The summed E-state index contributed by atoms with van der Waals surface area (Å²) < 4.78 is 10.8. The minimum absolute atomic E-state index is 0.168. The van der Waals surface area contributed by atoms with Crippen molar-refractivity contribution in [1.82, 2.24) is 20.3 Å². The van der Waals surface area contributed by atoms with Crippen LogP contribution in [0.15, 0.2) is 48.7 Å². The summed E-state index contributed by atoms with van der Waals surface area (Å²) in [5.41, 5.74) is 4.92. The first-order chi connectivity index (χ1) is 17.2. The Morgan fingerprint density at radius 2 is 1.94 bits per heavy atom. The van der Waals surface area contributed by atoms with Crippen molar-refractivity contribution in [2.75, 3.05) is 11.5 Å². The van der Waals surface area contributed by atoms with Gasteiger partial charge in [-0.25, -0.2) is 9.59 Å². The molecular weight excluding hydrogens is 462 g/mol. The van der Waals surface area contributed by atoms with Crippen molar-refractivity contribution in [3.63, 3.8) is 0 Å². The van der Waals surface area contributed by atoms with Crippen molar-refractivity contribution in [1.29, 1.82) is 0 Å². The van der Waals surface area contributed by atoms with Gasteiger partial charge in [-0.15, -0.1) is 5.10 Å². The van der Waals surface area contributed by atoms with Crippen molar-refractivity contribution in [2.24, 2.45) is 0 Å². The Kier molecular flexibility index (Phi) is 6.13. The van der Waals surface area contributed by atoms with Gasteiger partial charge in [-0.1, -0.05) is 35.5 Å². The average molecular weight is 492 g/mol. The third-order valence-corrected chi connectivity index (χ3v) is 6.29. The first-order valence-electron chi connectivity index (χ1n) is 11.9. The van der Waals surface area contributed by atoms with Crippen LogP contribution in [0.1, 0.15) is 37.6 Å². The van der Waals surface area contributed by atoms with Crippen molar-refractivity contribution >= 4 is 17.9 Å². The maximum Gasteiger partial charge on any atom is 0.415 e. The number of aromatic amines is 1. The van der Waals surface area contributed by atoms with Crippen molar-refractivity contribution in [2.45, 2.75) is 58.0 Å². The van der Waals surface area contributed by atoms with Gasteiger partial charge in [0.05, 0.1) is 24.9 Å². The number of carbonyl (C=O) groups is 2. The molecule has 1 fully saturated rings. The van der Waals surface area contributed by atoms with E-state index in [1.165, 1.54) is 0 Å². The smallest absolute Gasteiger partial charge is 0.415 e. The number of cyclic esters (lactones) is 1. The average Bonchev–Trinajstić information content (AvgIpc) is 3.55. The molecule has 3 aromatic rings. The second kappa shape index (κ2) is 9.27. The number of amides is 2. The predicted molar refractivity (Wildman–Crippen MR) is 131 cm³/mol. The van der Waals surface area contributed by atoms with E-state index in [1.54, 1.807) is 16.0 Å². The van der Waals surface area contributed by atoms with Crippen LogP contribution in [0.3, 0.4) is 0 Å². The van der Waals surface area contributed by atoms with Crippen LogP contribution in [-0.4, -0.2) is 62.0 Å². The Morgan fingerprint density at radius 3 is 2.61 bits per heavy atom. The number of ether oxygens (including phenoxy) is 2. The maximum absolute atomic E-state index is 12.8. The van der Waals surface area contributed by atoms with Gasteiger partial charge in [-0.3, -0.25) is 14.9 Å². The molecule has 5 rings (SSSR count). The number of aliphatic hydroxyl groups is 1. The van der Waals surface area contributed by atoms with Crippen LogP contribution in [0.4, 0.5) is 15.3 Å². The van der Waals surface area contributed by atoms with Gasteiger partial charge in [0.25, 0.3) is 0 Å². The number of H-pyrrole nitrogens is 1. The molecule has 10 heteroatoms. The van der Waals surface area contributed by atoms with Gasteiger partial charge in [0, 0.05) is 12.7 Å². The van der Waals surface area contributed by atoms with Gasteiger partial charge in [0.15, 0.2) is 0 Å². The molecule has 2 atom stereocenters. The lowest BCUT2D eigenvalue weighted by molar-refractivity contribution is 0.0214. The summed E-state index contributed by atoms with van der Waals surface area (Å²) in [4.78, 5) is 28.3. The molecule has 1 saturated heterocycles. The SMILES string of the molecule is CC(C)(C)OC(=O)N(Cc1ccc(-c2ccc3c(c2)C[C@H]2[C@H](CO)OC(=O)N32)cc1)Cc1c[nH]nn1. The van der Waals surface area contributed by atoms with Gasteiger partial charge in [0.2, 0.25) is 0 Å². The summed E-state index contributed by atoms with van der Waals surface area (Å²) in [6.45, 7) is 5.94. The van der Waals surface area contributed by atoms with E-state index in [9.17, 15) is 14.7 Å². The molecule has 2 aliphatic rings. The number of carbonyl (C=O) groups excluding carboxylic acids is 2. The molecule has 2 N–H and O–H groups in total. The molecule has 2 amide bonds. The molecule has 0 saturated carbocycles. The molecule has 3 heterocycles. The van der Waals surface area contributed by atoms with Crippen LogP contribution in [0.5, 0.6) is 0 Å². The summed E-state index contributed by atoms with van der Waals surface area (Å²) >= 11 is 0. The second-order valence-electron chi connectivity index (χ2n) is 10.1. The number of rotatable bonds is 6. The number of fused-ring (bicyclic) bond motifs is 3. The van der Waals surface area contributed by atoms with Gasteiger partial charge in [-0.05, 0) is 61.6 Å². The molecule has 2 aromatic carbocycles. The van der Waals surface area contributed by atoms with E-state index in [0.29, 0.717) is 18.7 Å². The normalized spacial score (nSPS) is 18.6. The van der Waals surface area contributed by atoms with Crippen molar-refractivity contribution < 1.29 is 24.2 Å². The molecule has 0 spiro atoms. The van der Waals surface area contributed by atoms with E-state index >= 15 is 0 Å². The van der Waals surface area contributed by atoms with Crippen LogP contribution >= 0.6 is 0 Å². The lowest BCUT2D eigenvalue weighted by atomic mass is 9.99. The first-order valence-corrected chi connectivity index (χ1v) is 11.9. The Morgan fingerprint density at radius 1 is 1.19 bits per heavy atom. The van der Waals surface area contributed by atoms with Gasteiger partial charge in [-0.2, -0.15) is 0 Å². The van der Waals surface area contributed by atoms with Crippen molar-refractivity contribution in [3.8, 4) is 11.1 Å². The molecule has 2 aliphatic heterocycles. The Labute approximate surface area is 208 Å². The van der Waals surface area contributed by atoms with E-state index in [4.69, 9.17) is 9.47 Å². The van der Waals surface area contributed by atoms with E-state index in [1.807, 2.05) is 57.2 Å². The minimum Gasteiger partial charge on any atom is -0.444 e. The quantitative estimate of drug-likeness (QED) is 0.540. The van der Waals surface area contributed by atoms with E-state index < -0.39 is 23.9 Å². The number of benzene rings is 2. The fourth-order valence-corrected chi connectivity index (χ4v) is 4.65. The van der Waals surface area contributed by atoms with E-state index in [0.717, 1.165) is 27.9 Å². The Hall–Kier alpha value is -3.92. The highest BCUT2D eigenvalue weighted by Gasteiger charge is 2.47. The summed E-state index contributed by atoms with van der Waals surface area (Å²) in [6, 6.07) is 13.8. The van der Waals surface area contributed by atoms with E-state index in [-0.39, 0.29) is 19.2 Å². The van der Waals surface area contributed by atoms with Gasteiger partial charge in [0.1, 0.15) is 17.4 Å². The Balaban J connectivity index is 1.32. The molecule has 1 aromatic heterocycles. The molecule has 36 heavy (non-hydrogen) atoms. The van der Waals surface area contributed by atoms with Crippen LogP contribution in [0, 0.1) is 0 Å². The fourth-order valence-electron chi connectivity index (χ4n) is 4.65. The van der Waals surface area contributed by atoms with Gasteiger partial charge >= 0.3 is 12.2 Å². The Bertz CT molecular complexity index is 1250.